The second-order valence-electron chi connectivity index (χ2n) is 4.17. The minimum absolute atomic E-state index is 0.0616. The summed E-state index contributed by atoms with van der Waals surface area (Å²) >= 11 is 3.18. The van der Waals surface area contributed by atoms with Gasteiger partial charge in [0.2, 0.25) is 0 Å². The van der Waals surface area contributed by atoms with Crippen LogP contribution in [0.15, 0.2) is 32.6 Å². The molecule has 0 saturated carbocycles. The Morgan fingerprint density at radius 2 is 1.83 bits per heavy atom. The second-order valence-corrected chi connectivity index (χ2v) is 6.29. The Labute approximate surface area is 140 Å². The molecule has 0 spiro atoms. The molecule has 0 radical (unpaired) electrons. The zero-order valence-corrected chi connectivity index (χ0v) is 14.3. The first kappa shape index (κ1) is 17.2. The van der Waals surface area contributed by atoms with Gasteiger partial charge in [0.05, 0.1) is 19.8 Å². The van der Waals surface area contributed by atoms with Crippen LogP contribution in [0.4, 0.5) is 0 Å². The number of halogens is 1. The van der Waals surface area contributed by atoms with E-state index in [1.54, 1.807) is 6.07 Å². The molecule has 8 nitrogen and oxygen atoms in total. The molecule has 0 atom stereocenters. The summed E-state index contributed by atoms with van der Waals surface area (Å²) in [7, 11) is -2.42. The van der Waals surface area contributed by atoms with E-state index < -0.39 is 28.0 Å². The fourth-order valence-corrected chi connectivity index (χ4v) is 2.87. The molecule has 0 unspecified atom stereocenters. The lowest BCUT2D eigenvalue weighted by molar-refractivity contribution is -0.137. The van der Waals surface area contributed by atoms with E-state index in [2.05, 4.69) is 29.8 Å². The zero-order valence-electron chi connectivity index (χ0n) is 11.9. The van der Waals surface area contributed by atoms with E-state index in [-0.39, 0.29) is 16.9 Å². The molecule has 23 heavy (non-hydrogen) atoms. The third-order valence-corrected chi connectivity index (χ3v) is 4.00. The van der Waals surface area contributed by atoms with Crippen LogP contribution < -0.4 is 4.18 Å². The molecule has 1 aliphatic rings. The predicted molar refractivity (Wildman–Crippen MR) is 83.1 cm³/mol. The molecule has 1 aliphatic heterocycles. The van der Waals surface area contributed by atoms with Gasteiger partial charge < -0.3 is 13.7 Å². The van der Waals surface area contributed by atoms with E-state index >= 15 is 0 Å². The molecule has 0 fully saturated rings. The van der Waals surface area contributed by atoms with Crippen molar-refractivity contribution in [3.8, 4) is 5.75 Å². The van der Waals surface area contributed by atoms with Crippen LogP contribution in [0.25, 0.3) is 6.08 Å². The van der Waals surface area contributed by atoms with Gasteiger partial charge in [-0.25, -0.2) is 9.59 Å². The largest absolute Gasteiger partial charge is 0.465 e. The first-order chi connectivity index (χ1) is 10.8. The molecule has 0 aliphatic carbocycles. The van der Waals surface area contributed by atoms with Gasteiger partial charge >= 0.3 is 22.2 Å². The number of esters is 2. The number of hydrogen-bond donors (Lipinski definition) is 0. The molecule has 0 amide bonds. The maximum atomic E-state index is 12.0. The highest BCUT2D eigenvalue weighted by Crippen LogP contribution is 2.29. The molecular weight excluding hydrogens is 394 g/mol. The van der Waals surface area contributed by atoms with E-state index in [1.807, 2.05) is 0 Å². The molecule has 0 bridgehead atoms. The van der Waals surface area contributed by atoms with Crippen LogP contribution in [0.2, 0.25) is 0 Å². The van der Waals surface area contributed by atoms with Gasteiger partial charge in [-0.05, 0) is 18.2 Å². The van der Waals surface area contributed by atoms with Crippen LogP contribution in [0.5, 0.6) is 5.75 Å². The summed E-state index contributed by atoms with van der Waals surface area (Å²) in [5, 5.41) is 0. The van der Waals surface area contributed by atoms with Crippen molar-refractivity contribution in [2.24, 2.45) is 4.40 Å². The summed E-state index contributed by atoms with van der Waals surface area (Å²) in [6.45, 7) is 0. The summed E-state index contributed by atoms with van der Waals surface area (Å²) in [5.74, 6) is -2.12. The molecule has 0 aromatic heterocycles. The van der Waals surface area contributed by atoms with Gasteiger partial charge in [0.1, 0.15) is 0 Å². The van der Waals surface area contributed by atoms with Crippen LogP contribution >= 0.6 is 15.9 Å². The van der Waals surface area contributed by atoms with Crippen LogP contribution in [-0.2, 0) is 29.4 Å². The molecule has 2 rings (SSSR count). The Bertz CT molecular complexity index is 842. The maximum Gasteiger partial charge on any atom is 0.429 e. The van der Waals surface area contributed by atoms with E-state index in [1.165, 1.54) is 18.2 Å². The Morgan fingerprint density at radius 1 is 1.17 bits per heavy atom. The van der Waals surface area contributed by atoms with Gasteiger partial charge in [-0.1, -0.05) is 22.0 Å². The van der Waals surface area contributed by atoms with Crippen molar-refractivity contribution in [1.82, 2.24) is 0 Å². The number of benzene rings is 1. The third kappa shape index (κ3) is 3.77. The maximum absolute atomic E-state index is 12.0. The predicted octanol–water partition coefficient (Wildman–Crippen LogP) is 1.26. The van der Waals surface area contributed by atoms with Gasteiger partial charge in [-0.2, -0.15) is 8.42 Å². The smallest absolute Gasteiger partial charge is 0.429 e. The number of nitrogens with zero attached hydrogens (tertiary/aromatic N) is 1. The Hall–Kier alpha value is -2.20. The van der Waals surface area contributed by atoms with E-state index in [0.29, 0.717) is 4.47 Å². The van der Waals surface area contributed by atoms with E-state index in [0.717, 1.165) is 14.2 Å². The standard InChI is InChI=1S/C13H10BrNO7S/c1-20-12(16)9-5-7-3-4-8(14)6-10(7)22-23(18,19)15-11(9)13(17)21-2/h3-6H,1-2H3/b9-5+,15-11+. The minimum Gasteiger partial charge on any atom is -0.465 e. The molecular formula is C13H10BrNO7S. The number of ether oxygens (including phenoxy) is 2. The Kier molecular flexibility index (Phi) is 4.85. The molecule has 1 heterocycles. The second kappa shape index (κ2) is 6.50. The summed E-state index contributed by atoms with van der Waals surface area (Å²) in [5.41, 5.74) is -0.851. The van der Waals surface area contributed by atoms with Gasteiger partial charge in [0, 0.05) is 10.0 Å². The van der Waals surface area contributed by atoms with Crippen molar-refractivity contribution in [2.45, 2.75) is 0 Å². The summed E-state index contributed by atoms with van der Waals surface area (Å²) in [6.07, 6.45) is 1.23. The van der Waals surface area contributed by atoms with Crippen molar-refractivity contribution in [3.05, 3.63) is 33.8 Å². The van der Waals surface area contributed by atoms with Gasteiger partial charge in [-0.15, -0.1) is 4.40 Å². The molecule has 0 N–H and O–H groups in total. The van der Waals surface area contributed by atoms with E-state index in [9.17, 15) is 18.0 Å². The summed E-state index contributed by atoms with van der Waals surface area (Å²) in [4.78, 5) is 23.7. The molecule has 10 heteroatoms. The number of fused-ring (bicyclic) bond motifs is 1. The Balaban J connectivity index is 2.79. The first-order valence-electron chi connectivity index (χ1n) is 6.00. The number of carbonyl (C=O) groups excluding carboxylic acids is 2. The summed E-state index contributed by atoms with van der Waals surface area (Å²) in [6, 6.07) is 4.49. The van der Waals surface area contributed by atoms with Gasteiger partial charge in [0.25, 0.3) is 0 Å². The first-order valence-corrected chi connectivity index (χ1v) is 8.16. The molecule has 122 valence electrons. The number of hydrogen-bond acceptors (Lipinski definition) is 7. The molecule has 1 aromatic rings. The topological polar surface area (TPSA) is 108 Å². The Morgan fingerprint density at radius 3 is 2.43 bits per heavy atom. The van der Waals surface area contributed by atoms with Crippen molar-refractivity contribution in [3.63, 3.8) is 0 Å². The SMILES string of the molecule is COC(=O)C1=C/c2ccc(Br)cc2OS(=O)(=O)/N=C\1C(=O)OC. The fourth-order valence-electron chi connectivity index (χ4n) is 1.73. The average Bonchev–Trinajstić information content (AvgIpc) is 2.49. The number of rotatable bonds is 2. The van der Waals surface area contributed by atoms with Crippen LogP contribution in [-0.4, -0.2) is 40.3 Å². The highest BCUT2D eigenvalue weighted by Gasteiger charge is 2.30. The number of carbonyl (C=O) groups is 2. The summed E-state index contributed by atoms with van der Waals surface area (Å²) < 4.78 is 41.6. The zero-order chi connectivity index (χ0) is 17.2. The molecule has 1 aromatic carbocycles. The van der Waals surface area contributed by atoms with Gasteiger partial charge in [-0.3, -0.25) is 0 Å². The lowest BCUT2D eigenvalue weighted by Gasteiger charge is -2.14. The normalized spacial score (nSPS) is 20.3. The van der Waals surface area contributed by atoms with Crippen molar-refractivity contribution < 1.29 is 31.7 Å². The minimum atomic E-state index is -4.53. The van der Waals surface area contributed by atoms with Gasteiger partial charge in [0.15, 0.2) is 11.5 Å². The lowest BCUT2D eigenvalue weighted by atomic mass is 10.1. The van der Waals surface area contributed by atoms with Crippen LogP contribution in [0.3, 0.4) is 0 Å². The fraction of sp³-hybridized carbons (Fsp3) is 0.154. The quantitative estimate of drug-likeness (QED) is 0.683. The van der Waals surface area contributed by atoms with E-state index in [4.69, 9.17) is 4.18 Å². The van der Waals surface area contributed by atoms with Crippen molar-refractivity contribution in [2.75, 3.05) is 14.2 Å². The van der Waals surface area contributed by atoms with Crippen LogP contribution in [0, 0.1) is 0 Å². The third-order valence-electron chi connectivity index (χ3n) is 2.71. The van der Waals surface area contributed by atoms with Crippen LogP contribution in [0.1, 0.15) is 5.56 Å². The molecule has 0 saturated heterocycles. The monoisotopic (exact) mass is 403 g/mol. The highest BCUT2D eigenvalue weighted by atomic mass is 79.9. The van der Waals surface area contributed by atoms with Crippen molar-refractivity contribution >= 4 is 50.0 Å². The lowest BCUT2D eigenvalue weighted by Crippen LogP contribution is -2.27. The highest BCUT2D eigenvalue weighted by molar-refractivity contribution is 9.10. The number of methoxy groups -OCH3 is 2. The van der Waals surface area contributed by atoms with Crippen molar-refractivity contribution in [1.29, 1.82) is 0 Å². The average molecular weight is 404 g/mol.